The predicted molar refractivity (Wildman–Crippen MR) is 40.6 cm³/mol. The molecule has 0 aromatic heterocycles. The summed E-state index contributed by atoms with van der Waals surface area (Å²) >= 11 is 0. The summed E-state index contributed by atoms with van der Waals surface area (Å²) < 4.78 is 22.0. The molecule has 1 fully saturated rings. The van der Waals surface area contributed by atoms with Crippen LogP contribution in [0.15, 0.2) is 0 Å². The van der Waals surface area contributed by atoms with Gasteiger partial charge >= 0.3 is 69.6 Å². The van der Waals surface area contributed by atoms with Crippen molar-refractivity contribution in [2.45, 2.75) is 24.7 Å². The molecule has 2 N–H and O–H groups in total. The van der Waals surface area contributed by atoms with Crippen LogP contribution in [0.25, 0.3) is 0 Å². The SMILES string of the molecule is B=BOC[C@H]1OC(O)[C@@H](F)[C@@H]1O. The standard InChI is InChI=1S/C5H9B2FO4/c6-7-11-1-2-4(9)3(8)5(10)12-2/h2-6,9-10H,1H2/t2-,3+,4-,5?/m1/s1. The van der Waals surface area contributed by atoms with Crippen molar-refractivity contribution < 1.29 is 24.0 Å². The number of rotatable bonds is 3. The zero-order valence-corrected chi connectivity index (χ0v) is 6.39. The van der Waals surface area contributed by atoms with Gasteiger partial charge in [-0.1, -0.05) is 0 Å². The summed E-state index contributed by atoms with van der Waals surface area (Å²) in [6, 6.07) is 0. The molecule has 0 bridgehead atoms. The molecule has 1 aliphatic rings. The zero-order chi connectivity index (χ0) is 9.14. The maximum absolute atomic E-state index is 12.7. The van der Waals surface area contributed by atoms with Crippen LogP contribution in [0.5, 0.6) is 0 Å². The summed E-state index contributed by atoms with van der Waals surface area (Å²) in [5.41, 5.74) is 0. The molecule has 4 atom stereocenters. The van der Waals surface area contributed by atoms with Crippen molar-refractivity contribution in [1.29, 1.82) is 0 Å². The van der Waals surface area contributed by atoms with E-state index in [1.165, 1.54) is 0 Å². The van der Waals surface area contributed by atoms with E-state index < -0.39 is 24.7 Å². The summed E-state index contributed by atoms with van der Waals surface area (Å²) in [5.74, 6) is 0. The first-order chi connectivity index (χ1) is 5.66. The number of aliphatic hydroxyl groups excluding tert-OH is 2. The molecule has 0 aromatic rings. The molecule has 1 aliphatic heterocycles. The van der Waals surface area contributed by atoms with Crippen LogP contribution >= 0.6 is 0 Å². The second-order valence-corrected chi connectivity index (χ2v) is 2.50. The first-order valence-electron chi connectivity index (χ1n) is 3.55. The molecule has 0 radical (unpaired) electrons. The number of aliphatic hydroxyl groups is 2. The summed E-state index contributed by atoms with van der Waals surface area (Å²) in [6.45, 7) is -0.0118. The minimum absolute atomic E-state index is 0.0118. The van der Waals surface area contributed by atoms with Crippen molar-refractivity contribution in [3.05, 3.63) is 0 Å². The fraction of sp³-hybridized carbons (Fsp3) is 1.00. The third-order valence-electron chi connectivity index (χ3n) is 1.67. The first-order valence-corrected chi connectivity index (χ1v) is 3.55. The Labute approximate surface area is 70.6 Å². The molecule has 0 aromatic carbocycles. The van der Waals surface area contributed by atoms with E-state index >= 15 is 0 Å². The van der Waals surface area contributed by atoms with Gasteiger partial charge < -0.3 is 0 Å². The molecule has 1 unspecified atom stereocenters. The molecule has 4 nitrogen and oxygen atoms in total. The van der Waals surface area contributed by atoms with Crippen LogP contribution < -0.4 is 0 Å². The van der Waals surface area contributed by atoms with Crippen LogP contribution in [0.1, 0.15) is 0 Å². The Morgan fingerprint density at radius 1 is 1.58 bits per heavy atom. The van der Waals surface area contributed by atoms with Gasteiger partial charge in [0.1, 0.15) is 0 Å². The minimum atomic E-state index is -1.76. The van der Waals surface area contributed by atoms with E-state index in [0.717, 1.165) is 7.00 Å². The number of hydrogen-bond donors (Lipinski definition) is 2. The third-order valence-corrected chi connectivity index (χ3v) is 1.67. The van der Waals surface area contributed by atoms with Gasteiger partial charge in [-0.3, -0.25) is 0 Å². The molecule has 1 rings (SSSR count). The van der Waals surface area contributed by atoms with Gasteiger partial charge in [-0.2, -0.15) is 0 Å². The van der Waals surface area contributed by atoms with Gasteiger partial charge in [0.15, 0.2) is 0 Å². The molecular formula is C5H9B2FO4. The van der Waals surface area contributed by atoms with Crippen molar-refractivity contribution in [3.63, 3.8) is 0 Å². The summed E-state index contributed by atoms with van der Waals surface area (Å²) in [7, 11) is 4.43. The molecule has 0 amide bonds. The Balaban J connectivity index is 2.41. The van der Waals surface area contributed by atoms with Crippen molar-refractivity contribution in [2.75, 3.05) is 6.61 Å². The van der Waals surface area contributed by atoms with Crippen LogP contribution in [-0.4, -0.2) is 55.9 Å². The van der Waals surface area contributed by atoms with Gasteiger partial charge in [0.25, 0.3) is 0 Å². The van der Waals surface area contributed by atoms with Crippen LogP contribution in [-0.2, 0) is 9.39 Å². The Kier molecular flexibility index (Phi) is 3.37. The Bertz CT molecular complexity index is 170. The van der Waals surface area contributed by atoms with E-state index in [1.54, 1.807) is 0 Å². The molecule has 12 heavy (non-hydrogen) atoms. The second-order valence-electron chi connectivity index (χ2n) is 2.50. The van der Waals surface area contributed by atoms with Crippen LogP contribution in [0.3, 0.4) is 0 Å². The number of alkyl halides is 1. The summed E-state index contributed by atoms with van der Waals surface area (Å²) in [5, 5.41) is 17.9. The molecule has 66 valence electrons. The molecule has 7 heteroatoms. The van der Waals surface area contributed by atoms with Crippen molar-refractivity contribution in [2.24, 2.45) is 0 Å². The van der Waals surface area contributed by atoms with Gasteiger partial charge in [-0.05, 0) is 0 Å². The Morgan fingerprint density at radius 3 is 2.67 bits per heavy atom. The van der Waals surface area contributed by atoms with Crippen LogP contribution in [0.2, 0.25) is 0 Å². The van der Waals surface area contributed by atoms with Crippen molar-refractivity contribution in [3.8, 4) is 0 Å². The van der Waals surface area contributed by atoms with Gasteiger partial charge in [0, 0.05) is 0 Å². The predicted octanol–water partition coefficient (Wildman–Crippen LogP) is -2.15. The summed E-state index contributed by atoms with van der Waals surface area (Å²) in [4.78, 5) is 0. The quantitative estimate of drug-likeness (QED) is 0.479. The molecule has 0 saturated carbocycles. The van der Waals surface area contributed by atoms with E-state index in [2.05, 4.69) is 16.8 Å². The number of hydrogen-bond acceptors (Lipinski definition) is 4. The second kappa shape index (κ2) is 4.11. The van der Waals surface area contributed by atoms with E-state index in [4.69, 9.17) is 10.2 Å². The van der Waals surface area contributed by atoms with Gasteiger partial charge in [0.2, 0.25) is 0 Å². The fourth-order valence-electron chi connectivity index (χ4n) is 1.01. The molecule has 1 saturated heterocycles. The summed E-state index contributed by atoms with van der Waals surface area (Å²) in [6.07, 6.45) is -5.48. The van der Waals surface area contributed by atoms with E-state index in [9.17, 15) is 4.39 Å². The van der Waals surface area contributed by atoms with Gasteiger partial charge in [-0.15, -0.1) is 0 Å². The van der Waals surface area contributed by atoms with E-state index in [-0.39, 0.29) is 6.61 Å². The van der Waals surface area contributed by atoms with Crippen molar-refractivity contribution >= 4 is 14.4 Å². The van der Waals surface area contributed by atoms with E-state index in [1.807, 2.05) is 0 Å². The third kappa shape index (κ3) is 1.91. The average Bonchev–Trinajstić information content (AvgIpc) is 2.30. The molecular weight excluding hydrogens is 165 g/mol. The number of halogens is 1. The van der Waals surface area contributed by atoms with Gasteiger partial charge in [0.05, 0.1) is 0 Å². The normalized spacial score (nSPS) is 40.8. The van der Waals surface area contributed by atoms with Crippen LogP contribution in [0, 0.1) is 0 Å². The monoisotopic (exact) mass is 174 g/mol. The van der Waals surface area contributed by atoms with Crippen LogP contribution in [0.4, 0.5) is 4.39 Å². The van der Waals surface area contributed by atoms with Crippen molar-refractivity contribution in [1.82, 2.24) is 0 Å². The first kappa shape index (κ1) is 9.83. The average molecular weight is 174 g/mol. The number of ether oxygens (including phenoxy) is 1. The fourth-order valence-corrected chi connectivity index (χ4v) is 1.01. The Morgan fingerprint density at radius 2 is 2.25 bits per heavy atom. The Hall–Kier alpha value is -0.260. The van der Waals surface area contributed by atoms with E-state index in [0.29, 0.717) is 0 Å². The zero-order valence-electron chi connectivity index (χ0n) is 6.39. The molecule has 1 heterocycles. The maximum atomic E-state index is 12.7. The topological polar surface area (TPSA) is 58.9 Å². The molecule has 0 aliphatic carbocycles. The van der Waals surface area contributed by atoms with Gasteiger partial charge in [-0.25, -0.2) is 0 Å². The molecule has 0 spiro atoms.